The van der Waals surface area contributed by atoms with Gasteiger partial charge < -0.3 is 9.72 Å². The van der Waals surface area contributed by atoms with Crippen LogP contribution in [0.15, 0.2) is 12.5 Å². The zero-order valence-corrected chi connectivity index (χ0v) is 6.29. The van der Waals surface area contributed by atoms with Crippen molar-refractivity contribution < 1.29 is 4.74 Å². The van der Waals surface area contributed by atoms with E-state index >= 15 is 0 Å². The van der Waals surface area contributed by atoms with E-state index in [4.69, 9.17) is 4.74 Å². The van der Waals surface area contributed by atoms with Crippen LogP contribution >= 0.6 is 0 Å². The minimum Gasteiger partial charge on any atom is -0.375 e. The topological polar surface area (TPSA) is 37.9 Å². The van der Waals surface area contributed by atoms with Gasteiger partial charge in [0.15, 0.2) is 0 Å². The van der Waals surface area contributed by atoms with Gasteiger partial charge >= 0.3 is 0 Å². The minimum atomic E-state index is 0.169. The zero-order valence-electron chi connectivity index (χ0n) is 6.29. The maximum atomic E-state index is 5.17. The van der Waals surface area contributed by atoms with Crippen LogP contribution in [0.4, 0.5) is 0 Å². The largest absolute Gasteiger partial charge is 0.375 e. The number of nitrogens with zero attached hydrogens (tertiary/aromatic N) is 1. The summed E-state index contributed by atoms with van der Waals surface area (Å²) in [6, 6.07) is 0. The Balaban J connectivity index is 2.64. The van der Waals surface area contributed by atoms with E-state index in [1.807, 2.05) is 0 Å². The maximum Gasteiger partial charge on any atom is 0.0982 e. The van der Waals surface area contributed by atoms with E-state index in [1.54, 1.807) is 19.6 Å². The van der Waals surface area contributed by atoms with Gasteiger partial charge in [-0.2, -0.15) is 0 Å². The van der Waals surface area contributed by atoms with Gasteiger partial charge in [-0.05, 0) is 6.42 Å². The van der Waals surface area contributed by atoms with E-state index in [-0.39, 0.29) is 6.10 Å². The Kier molecular flexibility index (Phi) is 2.45. The lowest BCUT2D eigenvalue weighted by molar-refractivity contribution is 0.0968. The molecule has 1 unspecified atom stereocenters. The molecule has 0 aliphatic carbocycles. The smallest absolute Gasteiger partial charge is 0.0982 e. The normalized spacial score (nSPS) is 13.4. The van der Waals surface area contributed by atoms with Gasteiger partial charge in [0, 0.05) is 7.11 Å². The van der Waals surface area contributed by atoms with Crippen LogP contribution < -0.4 is 0 Å². The molecule has 0 spiro atoms. The van der Waals surface area contributed by atoms with Crippen LogP contribution in [0.5, 0.6) is 0 Å². The Morgan fingerprint density at radius 3 is 3.00 bits per heavy atom. The van der Waals surface area contributed by atoms with Gasteiger partial charge in [0.2, 0.25) is 0 Å². The molecule has 0 aliphatic rings. The van der Waals surface area contributed by atoms with Gasteiger partial charge in [-0.1, -0.05) is 6.92 Å². The molecule has 1 N–H and O–H groups in total. The van der Waals surface area contributed by atoms with Crippen molar-refractivity contribution in [3.63, 3.8) is 0 Å². The van der Waals surface area contributed by atoms with Crippen LogP contribution in [-0.2, 0) is 4.74 Å². The predicted molar refractivity (Wildman–Crippen MR) is 38.6 cm³/mol. The van der Waals surface area contributed by atoms with E-state index in [9.17, 15) is 0 Å². The highest BCUT2D eigenvalue weighted by Crippen LogP contribution is 2.15. The number of imidazole rings is 1. The van der Waals surface area contributed by atoms with Crippen LogP contribution in [0.3, 0.4) is 0 Å². The lowest BCUT2D eigenvalue weighted by atomic mass is 10.2. The highest BCUT2D eigenvalue weighted by molar-refractivity contribution is 4.98. The molecule has 0 saturated carbocycles. The number of methoxy groups -OCH3 is 1. The van der Waals surface area contributed by atoms with Crippen LogP contribution in [0, 0.1) is 0 Å². The number of hydrogen-bond donors (Lipinski definition) is 1. The first-order chi connectivity index (χ1) is 4.88. The molecule has 0 aliphatic heterocycles. The van der Waals surface area contributed by atoms with Crippen molar-refractivity contribution in [2.24, 2.45) is 0 Å². The number of aromatic amines is 1. The number of H-pyrrole nitrogens is 1. The van der Waals surface area contributed by atoms with Crippen LogP contribution in [0.1, 0.15) is 25.1 Å². The standard InChI is InChI=1S/C7H12N2O/c1-3-7(10-2)6-4-8-5-9-6/h4-5,7H,3H2,1-2H3,(H,8,9). The second-order valence-corrected chi connectivity index (χ2v) is 2.14. The number of hydrogen-bond acceptors (Lipinski definition) is 2. The van der Waals surface area contributed by atoms with Gasteiger partial charge in [0.1, 0.15) is 0 Å². The first-order valence-electron chi connectivity index (χ1n) is 3.39. The third-order valence-corrected chi connectivity index (χ3v) is 1.52. The Labute approximate surface area is 60.4 Å². The molecule has 1 aromatic heterocycles. The van der Waals surface area contributed by atoms with Crippen LogP contribution in [-0.4, -0.2) is 17.1 Å². The fraction of sp³-hybridized carbons (Fsp3) is 0.571. The molecule has 0 bridgehead atoms. The van der Waals surface area contributed by atoms with Crippen LogP contribution in [0.2, 0.25) is 0 Å². The van der Waals surface area contributed by atoms with Gasteiger partial charge in [0.25, 0.3) is 0 Å². The highest BCUT2D eigenvalue weighted by Gasteiger charge is 2.07. The third kappa shape index (κ3) is 1.36. The molecule has 1 aromatic rings. The van der Waals surface area contributed by atoms with Gasteiger partial charge in [-0.15, -0.1) is 0 Å². The van der Waals surface area contributed by atoms with E-state index in [2.05, 4.69) is 16.9 Å². The average Bonchev–Trinajstić information content (AvgIpc) is 2.43. The molecule has 0 aromatic carbocycles. The summed E-state index contributed by atoms with van der Waals surface area (Å²) >= 11 is 0. The highest BCUT2D eigenvalue weighted by atomic mass is 16.5. The number of nitrogens with one attached hydrogen (secondary N) is 1. The fourth-order valence-electron chi connectivity index (χ4n) is 0.956. The van der Waals surface area contributed by atoms with Crippen LogP contribution in [0.25, 0.3) is 0 Å². The van der Waals surface area contributed by atoms with Crippen molar-refractivity contribution in [2.75, 3.05) is 7.11 Å². The van der Waals surface area contributed by atoms with Crippen molar-refractivity contribution >= 4 is 0 Å². The van der Waals surface area contributed by atoms with Crippen molar-refractivity contribution in [3.8, 4) is 0 Å². The number of rotatable bonds is 3. The summed E-state index contributed by atoms with van der Waals surface area (Å²) in [7, 11) is 1.70. The monoisotopic (exact) mass is 140 g/mol. The van der Waals surface area contributed by atoms with Gasteiger partial charge in [-0.3, -0.25) is 0 Å². The molecule has 1 heterocycles. The quantitative estimate of drug-likeness (QED) is 0.691. The van der Waals surface area contributed by atoms with E-state index in [0.717, 1.165) is 12.1 Å². The predicted octanol–water partition coefficient (Wildman–Crippen LogP) is 1.51. The lowest BCUT2D eigenvalue weighted by Crippen LogP contribution is -1.99. The number of aromatic nitrogens is 2. The average molecular weight is 140 g/mol. The summed E-state index contributed by atoms with van der Waals surface area (Å²) in [5, 5.41) is 0. The van der Waals surface area contributed by atoms with E-state index in [0.29, 0.717) is 0 Å². The fourth-order valence-corrected chi connectivity index (χ4v) is 0.956. The molecule has 0 radical (unpaired) electrons. The molecule has 1 rings (SSSR count). The molecule has 3 heteroatoms. The van der Waals surface area contributed by atoms with Crippen molar-refractivity contribution in [1.29, 1.82) is 0 Å². The molecular weight excluding hydrogens is 128 g/mol. The lowest BCUT2D eigenvalue weighted by Gasteiger charge is -2.08. The number of ether oxygens (including phenoxy) is 1. The SMILES string of the molecule is CCC(OC)c1cnc[nH]1. The first-order valence-corrected chi connectivity index (χ1v) is 3.39. The molecule has 0 amide bonds. The van der Waals surface area contributed by atoms with Crippen molar-refractivity contribution in [3.05, 3.63) is 18.2 Å². The summed E-state index contributed by atoms with van der Waals surface area (Å²) in [5.74, 6) is 0. The molecule has 3 nitrogen and oxygen atoms in total. The summed E-state index contributed by atoms with van der Waals surface area (Å²) in [6.07, 6.45) is 4.59. The molecule has 0 saturated heterocycles. The molecule has 10 heavy (non-hydrogen) atoms. The maximum absolute atomic E-state index is 5.17. The second kappa shape index (κ2) is 3.37. The molecule has 0 fully saturated rings. The van der Waals surface area contributed by atoms with E-state index in [1.165, 1.54) is 0 Å². The second-order valence-electron chi connectivity index (χ2n) is 2.14. The summed E-state index contributed by atoms with van der Waals surface area (Å²) in [5.41, 5.74) is 1.05. The Hall–Kier alpha value is -0.830. The summed E-state index contributed by atoms with van der Waals surface area (Å²) in [4.78, 5) is 6.91. The summed E-state index contributed by atoms with van der Waals surface area (Å²) in [6.45, 7) is 2.08. The minimum absolute atomic E-state index is 0.169. The van der Waals surface area contributed by atoms with E-state index < -0.39 is 0 Å². The Morgan fingerprint density at radius 1 is 1.80 bits per heavy atom. The van der Waals surface area contributed by atoms with Gasteiger partial charge in [0.05, 0.1) is 24.3 Å². The van der Waals surface area contributed by atoms with Crippen molar-refractivity contribution in [1.82, 2.24) is 9.97 Å². The summed E-state index contributed by atoms with van der Waals surface area (Å²) < 4.78 is 5.17. The third-order valence-electron chi connectivity index (χ3n) is 1.52. The van der Waals surface area contributed by atoms with Crippen molar-refractivity contribution in [2.45, 2.75) is 19.4 Å². The first kappa shape index (κ1) is 7.28. The zero-order chi connectivity index (χ0) is 7.40. The van der Waals surface area contributed by atoms with Gasteiger partial charge in [-0.25, -0.2) is 4.98 Å². The molecule has 56 valence electrons. The molecular formula is C7H12N2O. The Morgan fingerprint density at radius 2 is 2.60 bits per heavy atom. The Bertz CT molecular complexity index is 168. The molecule has 1 atom stereocenters.